The monoisotopic (exact) mass is 216 g/mol. The van der Waals surface area contributed by atoms with Crippen LogP contribution in [0.1, 0.15) is 25.1 Å². The van der Waals surface area contributed by atoms with E-state index in [2.05, 4.69) is 15.0 Å². The molecule has 3 rings (SSSR count). The zero-order valence-electron chi connectivity index (χ0n) is 8.89. The number of aryl methyl sites for hydroxylation is 1. The van der Waals surface area contributed by atoms with Crippen LogP contribution in [0.5, 0.6) is 0 Å². The van der Waals surface area contributed by atoms with Crippen molar-refractivity contribution in [3.63, 3.8) is 0 Å². The second-order valence-electron chi connectivity index (χ2n) is 4.02. The van der Waals surface area contributed by atoms with Crippen LogP contribution in [0.3, 0.4) is 0 Å². The van der Waals surface area contributed by atoms with Crippen LogP contribution in [-0.4, -0.2) is 19.5 Å². The molecular weight excluding hydrogens is 204 g/mol. The number of hydrogen-bond acceptors (Lipinski definition) is 4. The quantitative estimate of drug-likeness (QED) is 0.656. The van der Waals surface area contributed by atoms with Gasteiger partial charge >= 0.3 is 0 Å². The standard InChI is InChI=1S/C11H12N4O/c16-11-9-10(13-6-5-12-9)14-8-4-2-1-3-7-15(8)11/h5-6H,1-4,7H2. The molecule has 0 atom stereocenters. The summed E-state index contributed by atoms with van der Waals surface area (Å²) in [7, 11) is 0. The van der Waals surface area contributed by atoms with E-state index in [1.165, 1.54) is 6.20 Å². The first-order valence-corrected chi connectivity index (χ1v) is 5.57. The highest BCUT2D eigenvalue weighted by Gasteiger charge is 2.14. The van der Waals surface area contributed by atoms with Gasteiger partial charge in [0.2, 0.25) is 0 Å². The Bertz CT molecular complexity index is 590. The Kier molecular flexibility index (Phi) is 2.16. The van der Waals surface area contributed by atoms with E-state index in [-0.39, 0.29) is 5.56 Å². The summed E-state index contributed by atoms with van der Waals surface area (Å²) in [6.45, 7) is 0.758. The van der Waals surface area contributed by atoms with Gasteiger partial charge in [0.05, 0.1) is 0 Å². The Morgan fingerprint density at radius 3 is 2.94 bits per heavy atom. The first kappa shape index (κ1) is 9.45. The lowest BCUT2D eigenvalue weighted by Gasteiger charge is -2.08. The predicted octanol–water partition coefficient (Wildman–Crippen LogP) is 0.913. The van der Waals surface area contributed by atoms with Crippen molar-refractivity contribution in [2.45, 2.75) is 32.2 Å². The molecule has 0 aliphatic carbocycles. The summed E-state index contributed by atoms with van der Waals surface area (Å²) in [6, 6.07) is 0. The molecule has 5 nitrogen and oxygen atoms in total. The molecule has 3 heterocycles. The lowest BCUT2D eigenvalue weighted by atomic mass is 10.2. The van der Waals surface area contributed by atoms with Gasteiger partial charge in [-0.3, -0.25) is 9.36 Å². The van der Waals surface area contributed by atoms with Crippen LogP contribution in [0.25, 0.3) is 11.2 Å². The van der Waals surface area contributed by atoms with Gasteiger partial charge in [-0.15, -0.1) is 0 Å². The molecule has 82 valence electrons. The lowest BCUT2D eigenvalue weighted by molar-refractivity contribution is 0.612. The van der Waals surface area contributed by atoms with Gasteiger partial charge in [-0.1, -0.05) is 6.42 Å². The van der Waals surface area contributed by atoms with Crippen molar-refractivity contribution in [1.82, 2.24) is 19.5 Å². The maximum absolute atomic E-state index is 12.1. The molecule has 0 N–H and O–H groups in total. The Labute approximate surface area is 92.2 Å². The molecule has 16 heavy (non-hydrogen) atoms. The van der Waals surface area contributed by atoms with Crippen molar-refractivity contribution in [1.29, 1.82) is 0 Å². The third kappa shape index (κ3) is 1.39. The fraction of sp³-hybridized carbons (Fsp3) is 0.455. The number of rotatable bonds is 0. The molecule has 5 heteroatoms. The van der Waals surface area contributed by atoms with E-state index in [1.54, 1.807) is 10.8 Å². The molecule has 2 aromatic rings. The van der Waals surface area contributed by atoms with Gasteiger partial charge in [-0.2, -0.15) is 0 Å². The smallest absolute Gasteiger partial charge is 0.281 e. The third-order valence-corrected chi connectivity index (χ3v) is 2.96. The summed E-state index contributed by atoms with van der Waals surface area (Å²) in [4.78, 5) is 24.7. The minimum Gasteiger partial charge on any atom is -0.295 e. The van der Waals surface area contributed by atoms with Gasteiger partial charge in [-0.05, 0) is 12.8 Å². The van der Waals surface area contributed by atoms with Gasteiger partial charge < -0.3 is 0 Å². The van der Waals surface area contributed by atoms with Crippen LogP contribution in [0.4, 0.5) is 0 Å². The maximum atomic E-state index is 12.1. The van der Waals surface area contributed by atoms with E-state index < -0.39 is 0 Å². The summed E-state index contributed by atoms with van der Waals surface area (Å²) in [5, 5.41) is 0. The molecule has 0 aromatic carbocycles. The summed E-state index contributed by atoms with van der Waals surface area (Å²) in [6.07, 6.45) is 7.26. The zero-order valence-corrected chi connectivity index (χ0v) is 8.89. The molecule has 0 amide bonds. The Morgan fingerprint density at radius 1 is 1.12 bits per heavy atom. The second kappa shape index (κ2) is 3.66. The van der Waals surface area contributed by atoms with E-state index in [1.807, 2.05) is 0 Å². The summed E-state index contributed by atoms with van der Waals surface area (Å²) >= 11 is 0. The molecule has 0 bridgehead atoms. The average Bonchev–Trinajstić information content (AvgIpc) is 2.55. The molecule has 1 aliphatic heterocycles. The fourth-order valence-electron chi connectivity index (χ4n) is 2.14. The van der Waals surface area contributed by atoms with Crippen molar-refractivity contribution in [3.05, 3.63) is 28.6 Å². The SMILES string of the molecule is O=c1c2nccnc2nc2n1CCCCC2. The minimum atomic E-state index is -0.0463. The first-order chi connectivity index (χ1) is 7.86. The van der Waals surface area contributed by atoms with Gasteiger partial charge in [0, 0.05) is 25.4 Å². The van der Waals surface area contributed by atoms with Crippen molar-refractivity contribution >= 4 is 11.2 Å². The first-order valence-electron chi connectivity index (χ1n) is 5.57. The van der Waals surface area contributed by atoms with E-state index in [4.69, 9.17) is 0 Å². The van der Waals surface area contributed by atoms with E-state index in [0.717, 1.165) is 38.1 Å². The largest absolute Gasteiger partial charge is 0.295 e. The van der Waals surface area contributed by atoms with Crippen LogP contribution in [0.15, 0.2) is 17.2 Å². The third-order valence-electron chi connectivity index (χ3n) is 2.96. The normalized spacial score (nSPS) is 15.8. The van der Waals surface area contributed by atoms with Crippen LogP contribution >= 0.6 is 0 Å². The number of hydrogen-bond donors (Lipinski definition) is 0. The molecule has 1 aliphatic rings. The highest BCUT2D eigenvalue weighted by Crippen LogP contribution is 2.12. The highest BCUT2D eigenvalue weighted by molar-refractivity contribution is 5.67. The maximum Gasteiger partial charge on any atom is 0.281 e. The van der Waals surface area contributed by atoms with E-state index in [0.29, 0.717) is 11.2 Å². The molecule has 0 saturated carbocycles. The predicted molar refractivity (Wildman–Crippen MR) is 59.1 cm³/mol. The molecule has 0 saturated heterocycles. The minimum absolute atomic E-state index is 0.0463. The van der Waals surface area contributed by atoms with E-state index in [9.17, 15) is 4.79 Å². The molecule has 0 radical (unpaired) electrons. The average molecular weight is 216 g/mol. The molecular formula is C11H12N4O. The highest BCUT2D eigenvalue weighted by atomic mass is 16.1. The molecule has 0 unspecified atom stereocenters. The van der Waals surface area contributed by atoms with Gasteiger partial charge in [0.1, 0.15) is 5.82 Å². The molecule has 0 spiro atoms. The van der Waals surface area contributed by atoms with Crippen molar-refractivity contribution in [2.75, 3.05) is 0 Å². The van der Waals surface area contributed by atoms with Crippen LogP contribution < -0.4 is 5.56 Å². The fourth-order valence-corrected chi connectivity index (χ4v) is 2.14. The second-order valence-corrected chi connectivity index (χ2v) is 4.02. The van der Waals surface area contributed by atoms with Gasteiger partial charge in [0.25, 0.3) is 5.56 Å². The van der Waals surface area contributed by atoms with E-state index >= 15 is 0 Å². The summed E-state index contributed by atoms with van der Waals surface area (Å²) < 4.78 is 1.75. The summed E-state index contributed by atoms with van der Waals surface area (Å²) in [5.74, 6) is 0.857. The lowest BCUT2D eigenvalue weighted by Crippen LogP contribution is -2.25. The van der Waals surface area contributed by atoms with Gasteiger partial charge in [0.15, 0.2) is 11.2 Å². The molecule has 0 fully saturated rings. The number of fused-ring (bicyclic) bond motifs is 2. The Hall–Kier alpha value is -1.78. The van der Waals surface area contributed by atoms with Crippen molar-refractivity contribution in [3.8, 4) is 0 Å². The zero-order chi connectivity index (χ0) is 11.0. The van der Waals surface area contributed by atoms with Crippen LogP contribution in [0.2, 0.25) is 0 Å². The van der Waals surface area contributed by atoms with Crippen LogP contribution in [0, 0.1) is 0 Å². The topological polar surface area (TPSA) is 60.7 Å². The Balaban J connectivity index is 2.34. The summed E-state index contributed by atoms with van der Waals surface area (Å²) in [5.41, 5.74) is 0.809. The van der Waals surface area contributed by atoms with Gasteiger partial charge in [-0.25, -0.2) is 15.0 Å². The number of nitrogens with zero attached hydrogens (tertiary/aromatic N) is 4. The Morgan fingerprint density at radius 2 is 2.00 bits per heavy atom. The van der Waals surface area contributed by atoms with Crippen molar-refractivity contribution < 1.29 is 0 Å². The number of aromatic nitrogens is 4. The molecule has 2 aromatic heterocycles. The van der Waals surface area contributed by atoms with Crippen LogP contribution in [-0.2, 0) is 13.0 Å². The van der Waals surface area contributed by atoms with Crippen molar-refractivity contribution in [2.24, 2.45) is 0 Å².